The van der Waals surface area contributed by atoms with E-state index in [4.69, 9.17) is 22.5 Å². The molecular formula is C17H22N12O2S. The van der Waals surface area contributed by atoms with Crippen LogP contribution in [0.2, 0.25) is 0 Å². The van der Waals surface area contributed by atoms with Gasteiger partial charge in [-0.25, -0.2) is 8.42 Å². The normalized spacial score (nSPS) is 21.4. The number of nitriles is 1. The fraction of sp³-hybridized carbons (Fsp3) is 0.353. The number of hydrogen-bond donors (Lipinski definition) is 5. The van der Waals surface area contributed by atoms with Crippen LogP contribution in [0, 0.1) is 11.5 Å². The lowest BCUT2D eigenvalue weighted by Gasteiger charge is -2.29. The second-order valence-corrected chi connectivity index (χ2v) is 9.18. The number of benzene rings is 1. The van der Waals surface area contributed by atoms with Gasteiger partial charge in [-0.3, -0.25) is 11.1 Å². The molecule has 0 radical (unpaired) electrons. The highest BCUT2D eigenvalue weighted by molar-refractivity contribution is 7.89. The lowest BCUT2D eigenvalue weighted by molar-refractivity contribution is 0.247. The van der Waals surface area contributed by atoms with Crippen LogP contribution in [0.3, 0.4) is 0 Å². The van der Waals surface area contributed by atoms with Gasteiger partial charge in [-0.05, 0) is 37.1 Å². The summed E-state index contributed by atoms with van der Waals surface area (Å²) in [6.45, 7) is 1.05. The third kappa shape index (κ3) is 3.82. The predicted molar refractivity (Wildman–Crippen MR) is 116 cm³/mol. The molecule has 2 aromatic rings. The van der Waals surface area contributed by atoms with E-state index in [-0.39, 0.29) is 28.2 Å². The Balaban J connectivity index is 1.59. The molecule has 1 unspecified atom stereocenters. The van der Waals surface area contributed by atoms with Crippen LogP contribution in [0.5, 0.6) is 0 Å². The number of nitrogens with zero attached hydrogens (tertiary/aromatic N) is 7. The van der Waals surface area contributed by atoms with Crippen LogP contribution in [0.25, 0.3) is 0 Å². The number of hydrogen-bond acceptors (Lipinski definition) is 12. The van der Waals surface area contributed by atoms with Crippen molar-refractivity contribution in [2.75, 3.05) is 24.1 Å². The molecule has 0 aliphatic carbocycles. The van der Waals surface area contributed by atoms with Crippen LogP contribution in [0.1, 0.15) is 19.3 Å². The number of rotatable bonds is 5. The topological polar surface area (TPSA) is 218 Å². The highest BCUT2D eigenvalue weighted by atomic mass is 32.2. The number of nitrogens with one attached hydrogen (secondary N) is 2. The standard InChI is InChI=1S/C17H22N12O2S/c18-10-22-17(21)24-16(20)23-15-13(14(19)27-29(15)17)26-25-11-4-6-12(7-5-11)32(30,31)28-8-2-1-3-9-28/h4-7,22H,1-3,8-9,21H2,(H2,19,27)(H3,20,23,24). The average Bonchev–Trinajstić information content (AvgIpc) is 3.09. The number of piperidine rings is 1. The van der Waals surface area contributed by atoms with Gasteiger partial charge < -0.3 is 16.8 Å². The zero-order valence-corrected chi connectivity index (χ0v) is 17.7. The first kappa shape index (κ1) is 21.5. The molecule has 0 spiro atoms. The summed E-state index contributed by atoms with van der Waals surface area (Å²) in [5, 5.41) is 26.3. The van der Waals surface area contributed by atoms with Crippen LogP contribution in [-0.2, 0) is 15.9 Å². The second kappa shape index (κ2) is 8.07. The van der Waals surface area contributed by atoms with E-state index in [0.29, 0.717) is 18.8 Å². The van der Waals surface area contributed by atoms with Crippen molar-refractivity contribution in [3.05, 3.63) is 24.3 Å². The second-order valence-electron chi connectivity index (χ2n) is 7.24. The minimum absolute atomic E-state index is 0.0278. The molecule has 32 heavy (non-hydrogen) atoms. The van der Waals surface area contributed by atoms with Gasteiger partial charge in [0.05, 0.1) is 10.6 Å². The predicted octanol–water partition coefficient (Wildman–Crippen LogP) is 0.393. The third-order valence-corrected chi connectivity index (χ3v) is 6.95. The van der Waals surface area contributed by atoms with Crippen LogP contribution in [-0.4, -0.2) is 41.6 Å². The molecule has 8 N–H and O–H groups in total. The van der Waals surface area contributed by atoms with Gasteiger partial charge in [-0.1, -0.05) is 6.42 Å². The van der Waals surface area contributed by atoms with Gasteiger partial charge in [-0.15, -0.1) is 10.2 Å². The number of anilines is 2. The Morgan fingerprint density at radius 1 is 1.16 bits per heavy atom. The van der Waals surface area contributed by atoms with Crippen LogP contribution >= 0.6 is 0 Å². The smallest absolute Gasteiger partial charge is 0.298 e. The third-order valence-electron chi connectivity index (χ3n) is 5.04. The van der Waals surface area contributed by atoms with Gasteiger partial charge in [0.25, 0.3) is 5.91 Å². The van der Waals surface area contributed by atoms with Crippen LogP contribution < -0.4 is 27.8 Å². The highest BCUT2D eigenvalue weighted by Gasteiger charge is 2.37. The van der Waals surface area contributed by atoms with Crippen molar-refractivity contribution in [1.29, 1.82) is 5.26 Å². The number of aromatic nitrogens is 2. The lowest BCUT2D eigenvalue weighted by Crippen LogP contribution is -2.56. The van der Waals surface area contributed by atoms with Gasteiger partial charge in [0.1, 0.15) is 0 Å². The summed E-state index contributed by atoms with van der Waals surface area (Å²) < 4.78 is 28.2. The number of fused-ring (bicyclic) bond motifs is 1. The molecule has 1 saturated heterocycles. The lowest BCUT2D eigenvalue weighted by atomic mass is 10.2. The summed E-state index contributed by atoms with van der Waals surface area (Å²) in [4.78, 5) is 4.12. The summed E-state index contributed by atoms with van der Waals surface area (Å²) in [6, 6.07) is 6.06. The first-order valence-electron chi connectivity index (χ1n) is 9.73. The fourth-order valence-corrected chi connectivity index (χ4v) is 4.99. The molecule has 2 aliphatic heterocycles. The molecule has 0 saturated carbocycles. The number of nitrogen functional groups attached to an aromatic ring is 1. The molecule has 4 rings (SSSR count). The van der Waals surface area contributed by atoms with E-state index in [1.807, 2.05) is 0 Å². The maximum Gasteiger partial charge on any atom is 0.298 e. The highest BCUT2D eigenvalue weighted by Crippen LogP contribution is 2.37. The SMILES string of the molecule is N#CNC1(N)N=C(N)Nc2c(N=Nc3ccc(S(=O)(=O)N4CCCCC4)cc3)c(N)nn21. The van der Waals surface area contributed by atoms with Gasteiger partial charge in [0, 0.05) is 13.1 Å². The number of aliphatic imine (C=N–C) groups is 1. The zero-order valence-electron chi connectivity index (χ0n) is 16.9. The maximum atomic E-state index is 12.8. The van der Waals surface area contributed by atoms with Gasteiger partial charge in [0.15, 0.2) is 29.5 Å². The van der Waals surface area contributed by atoms with E-state index in [1.165, 1.54) is 16.4 Å². The summed E-state index contributed by atoms with van der Waals surface area (Å²) in [7, 11) is -3.54. The number of guanidine groups is 1. The van der Waals surface area contributed by atoms with Crippen LogP contribution in [0.15, 0.2) is 44.4 Å². The van der Waals surface area contributed by atoms with Crippen molar-refractivity contribution in [3.63, 3.8) is 0 Å². The molecule has 1 atom stereocenters. The monoisotopic (exact) mass is 458 g/mol. The fourth-order valence-electron chi connectivity index (χ4n) is 3.47. The van der Waals surface area contributed by atoms with E-state index in [9.17, 15) is 8.42 Å². The Bertz CT molecular complexity index is 1220. The van der Waals surface area contributed by atoms with Crippen LogP contribution in [0.4, 0.5) is 23.0 Å². The largest absolute Gasteiger partial charge is 0.380 e. The average molecular weight is 459 g/mol. The van der Waals surface area contributed by atoms with Crippen molar-refractivity contribution < 1.29 is 8.42 Å². The van der Waals surface area contributed by atoms with Gasteiger partial charge in [0.2, 0.25) is 10.0 Å². The molecule has 15 heteroatoms. The van der Waals surface area contributed by atoms with Crippen molar-refractivity contribution in [2.45, 2.75) is 30.1 Å². The summed E-state index contributed by atoms with van der Waals surface area (Å²) in [5.74, 6) is -1.69. The van der Waals surface area contributed by atoms with Crippen molar-refractivity contribution in [3.8, 4) is 6.19 Å². The molecule has 1 fully saturated rings. The molecule has 0 bridgehead atoms. The first-order valence-corrected chi connectivity index (χ1v) is 11.2. The molecule has 14 nitrogen and oxygen atoms in total. The van der Waals surface area contributed by atoms with E-state index in [2.05, 4.69) is 31.0 Å². The molecule has 168 valence electrons. The first-order chi connectivity index (χ1) is 15.2. The Morgan fingerprint density at radius 2 is 1.84 bits per heavy atom. The maximum absolute atomic E-state index is 12.8. The summed E-state index contributed by atoms with van der Waals surface area (Å²) >= 11 is 0. The Labute approximate surface area is 183 Å². The number of sulfonamides is 1. The van der Waals surface area contributed by atoms with Crippen molar-refractivity contribution in [2.24, 2.45) is 26.7 Å². The molecule has 1 aromatic carbocycles. The van der Waals surface area contributed by atoms with Crippen molar-refractivity contribution >= 4 is 39.0 Å². The Morgan fingerprint density at radius 3 is 2.50 bits per heavy atom. The zero-order chi connectivity index (χ0) is 22.9. The Hall–Kier alpha value is -3.74. The van der Waals surface area contributed by atoms with E-state index in [1.54, 1.807) is 18.3 Å². The minimum atomic E-state index is -3.54. The Kier molecular flexibility index (Phi) is 5.42. The minimum Gasteiger partial charge on any atom is -0.380 e. The van der Waals surface area contributed by atoms with Crippen molar-refractivity contribution in [1.82, 2.24) is 19.4 Å². The molecule has 1 aromatic heterocycles. The number of nitrogens with two attached hydrogens (primary N) is 3. The van der Waals surface area contributed by atoms with E-state index in [0.717, 1.165) is 23.9 Å². The van der Waals surface area contributed by atoms with E-state index >= 15 is 0 Å². The molecule has 2 aliphatic rings. The quantitative estimate of drug-likeness (QED) is 0.181. The number of azo groups is 1. The van der Waals surface area contributed by atoms with E-state index < -0.39 is 15.9 Å². The summed E-state index contributed by atoms with van der Waals surface area (Å²) in [6.07, 6.45) is 4.45. The molecular weight excluding hydrogens is 436 g/mol. The van der Waals surface area contributed by atoms with Gasteiger partial charge in [-0.2, -0.15) is 24.4 Å². The van der Waals surface area contributed by atoms with Gasteiger partial charge >= 0.3 is 0 Å². The molecule has 3 heterocycles. The summed E-state index contributed by atoms with van der Waals surface area (Å²) in [5.41, 5.74) is 18.3. The molecule has 0 amide bonds.